The Hall–Kier alpha value is -2.62. The minimum Gasteiger partial charge on any atom is -0.440 e. The highest BCUT2D eigenvalue weighted by Crippen LogP contribution is 2.35. The van der Waals surface area contributed by atoms with Crippen LogP contribution in [0.25, 0.3) is 33.7 Å². The van der Waals surface area contributed by atoms with Gasteiger partial charge in [0.15, 0.2) is 11.2 Å². The Kier molecular flexibility index (Phi) is 4.33. The van der Waals surface area contributed by atoms with Gasteiger partial charge in [0.1, 0.15) is 11.0 Å². The summed E-state index contributed by atoms with van der Waals surface area (Å²) in [6.07, 6.45) is 1.97. The quantitative estimate of drug-likeness (QED) is 0.384. The van der Waals surface area contributed by atoms with E-state index in [0.717, 1.165) is 46.5 Å². The molecule has 0 spiro atoms. The highest BCUT2D eigenvalue weighted by atomic mass is 16.4. The van der Waals surface area contributed by atoms with E-state index >= 15 is 0 Å². The molecule has 0 bridgehead atoms. The summed E-state index contributed by atoms with van der Waals surface area (Å²) in [5.41, 5.74) is 5.44. The van der Waals surface area contributed by atoms with Crippen molar-refractivity contribution < 1.29 is 8.83 Å². The summed E-state index contributed by atoms with van der Waals surface area (Å²) in [6.45, 7) is 13.2. The number of nitrogens with zero attached hydrogens (tertiary/aromatic N) is 2. The van der Waals surface area contributed by atoms with Crippen molar-refractivity contribution in [2.75, 3.05) is 0 Å². The molecule has 4 rings (SSSR count). The maximum atomic E-state index is 6.09. The van der Waals surface area contributed by atoms with E-state index in [2.05, 4.69) is 70.8 Å². The number of rotatable bonds is 4. The summed E-state index contributed by atoms with van der Waals surface area (Å²) >= 11 is 0. The molecule has 2 aromatic carbocycles. The minimum absolute atomic E-state index is 0.0481. The maximum absolute atomic E-state index is 6.09. The van der Waals surface area contributed by atoms with Gasteiger partial charge in [0.2, 0.25) is 11.8 Å². The molecule has 0 aliphatic carbocycles. The Morgan fingerprint density at radius 2 is 1.39 bits per heavy atom. The zero-order valence-corrected chi connectivity index (χ0v) is 17.6. The monoisotopic (exact) mass is 376 g/mol. The molecule has 0 saturated carbocycles. The lowest BCUT2D eigenvalue weighted by Crippen LogP contribution is -2.19. The first-order chi connectivity index (χ1) is 13.2. The van der Waals surface area contributed by atoms with E-state index in [9.17, 15) is 0 Å². The van der Waals surface area contributed by atoms with Gasteiger partial charge >= 0.3 is 0 Å². The van der Waals surface area contributed by atoms with Crippen LogP contribution in [0.3, 0.4) is 0 Å². The summed E-state index contributed by atoms with van der Waals surface area (Å²) < 4.78 is 12.1. The third-order valence-electron chi connectivity index (χ3n) is 5.97. The second-order valence-electron chi connectivity index (χ2n) is 8.92. The van der Waals surface area contributed by atoms with Crippen LogP contribution < -0.4 is 0 Å². The van der Waals surface area contributed by atoms with Gasteiger partial charge < -0.3 is 8.83 Å². The minimum atomic E-state index is -0.0481. The van der Waals surface area contributed by atoms with Gasteiger partial charge in [-0.25, -0.2) is 9.97 Å². The highest BCUT2D eigenvalue weighted by Gasteiger charge is 2.28. The average Bonchev–Trinajstić information content (AvgIpc) is 3.28. The van der Waals surface area contributed by atoms with Gasteiger partial charge in [-0.05, 0) is 42.0 Å². The van der Waals surface area contributed by atoms with Gasteiger partial charge in [-0.1, -0.05) is 53.7 Å². The third kappa shape index (κ3) is 3.11. The Morgan fingerprint density at radius 3 is 2.00 bits per heavy atom. The van der Waals surface area contributed by atoms with Crippen LogP contribution in [0.1, 0.15) is 65.8 Å². The predicted octanol–water partition coefficient (Wildman–Crippen LogP) is 7.01. The Balaban J connectivity index is 1.74. The lowest BCUT2D eigenvalue weighted by Gasteiger charge is -2.21. The van der Waals surface area contributed by atoms with E-state index in [-0.39, 0.29) is 10.8 Å². The number of aromatic nitrogens is 2. The lowest BCUT2D eigenvalue weighted by molar-refractivity contribution is 0.336. The lowest BCUT2D eigenvalue weighted by atomic mass is 9.85. The first-order valence-corrected chi connectivity index (χ1v) is 10.1. The topological polar surface area (TPSA) is 52.1 Å². The first-order valence-electron chi connectivity index (χ1n) is 10.1. The van der Waals surface area contributed by atoms with Gasteiger partial charge in [0.05, 0.1) is 0 Å². The zero-order chi connectivity index (χ0) is 20.1. The van der Waals surface area contributed by atoms with Crippen molar-refractivity contribution in [3.8, 4) is 11.5 Å². The van der Waals surface area contributed by atoms with Crippen LogP contribution in [0.15, 0.2) is 45.2 Å². The molecule has 0 atom stereocenters. The standard InChI is InChI=1S/C24H28N2O2/c1-7-24(6,8-2)22-26-18-13-17-19(14-20(18)28-22)27-21(25-17)15-9-11-16(12-10-15)23(3,4)5/h9-14H,7-8H2,1-6H3. The number of hydrogen-bond acceptors (Lipinski definition) is 4. The second-order valence-corrected chi connectivity index (χ2v) is 8.92. The third-order valence-corrected chi connectivity index (χ3v) is 5.97. The van der Waals surface area contributed by atoms with Gasteiger partial charge in [-0.2, -0.15) is 0 Å². The highest BCUT2D eigenvalue weighted by molar-refractivity contribution is 5.90. The van der Waals surface area contributed by atoms with Crippen molar-refractivity contribution in [1.29, 1.82) is 0 Å². The molecule has 4 aromatic rings. The van der Waals surface area contributed by atoms with Crippen molar-refractivity contribution in [2.45, 2.75) is 65.2 Å². The van der Waals surface area contributed by atoms with E-state index in [1.54, 1.807) is 0 Å². The van der Waals surface area contributed by atoms with Crippen molar-refractivity contribution in [3.05, 3.63) is 47.9 Å². The van der Waals surface area contributed by atoms with Gasteiger partial charge in [-0.3, -0.25) is 0 Å². The van der Waals surface area contributed by atoms with Gasteiger partial charge in [-0.15, -0.1) is 0 Å². The Bertz CT molecular complexity index is 1070. The van der Waals surface area contributed by atoms with Crippen LogP contribution in [-0.4, -0.2) is 9.97 Å². The van der Waals surface area contributed by atoms with E-state index in [1.165, 1.54) is 5.56 Å². The largest absolute Gasteiger partial charge is 0.440 e. The molecule has 0 fully saturated rings. The summed E-state index contributed by atoms with van der Waals surface area (Å²) in [4.78, 5) is 9.44. The fourth-order valence-electron chi connectivity index (χ4n) is 3.40. The fourth-order valence-corrected chi connectivity index (χ4v) is 3.40. The van der Waals surface area contributed by atoms with E-state index in [1.807, 2.05) is 12.1 Å². The first kappa shape index (κ1) is 18.7. The molecule has 4 heteroatoms. The fraction of sp³-hybridized carbons (Fsp3) is 0.417. The SMILES string of the molecule is CCC(C)(CC)c1nc2cc3nc(-c4ccc(C(C)(C)C)cc4)oc3cc2o1. The number of hydrogen-bond donors (Lipinski definition) is 0. The molecular formula is C24H28N2O2. The second kappa shape index (κ2) is 6.47. The molecule has 0 saturated heterocycles. The Morgan fingerprint density at radius 1 is 0.786 bits per heavy atom. The van der Waals surface area contributed by atoms with Crippen LogP contribution in [0.4, 0.5) is 0 Å². The van der Waals surface area contributed by atoms with E-state index in [4.69, 9.17) is 13.8 Å². The summed E-state index contributed by atoms with van der Waals surface area (Å²) in [6, 6.07) is 12.3. The predicted molar refractivity (Wildman–Crippen MR) is 114 cm³/mol. The number of benzene rings is 2. The van der Waals surface area contributed by atoms with Crippen molar-refractivity contribution in [3.63, 3.8) is 0 Å². The van der Waals surface area contributed by atoms with Crippen molar-refractivity contribution in [2.24, 2.45) is 0 Å². The molecule has 146 valence electrons. The molecule has 0 unspecified atom stereocenters. The number of fused-ring (bicyclic) bond motifs is 2. The molecule has 0 aliphatic heterocycles. The van der Waals surface area contributed by atoms with Crippen LogP contribution in [0.2, 0.25) is 0 Å². The maximum Gasteiger partial charge on any atom is 0.227 e. The van der Waals surface area contributed by atoms with Gasteiger partial charge in [0, 0.05) is 17.0 Å². The van der Waals surface area contributed by atoms with E-state index in [0.29, 0.717) is 5.89 Å². The molecule has 0 N–H and O–H groups in total. The van der Waals surface area contributed by atoms with E-state index < -0.39 is 0 Å². The normalized spacial score (nSPS) is 12.9. The zero-order valence-electron chi connectivity index (χ0n) is 17.6. The molecule has 0 radical (unpaired) electrons. The van der Waals surface area contributed by atoms with Crippen LogP contribution in [-0.2, 0) is 10.8 Å². The molecule has 4 nitrogen and oxygen atoms in total. The summed E-state index contributed by atoms with van der Waals surface area (Å²) in [5.74, 6) is 1.41. The van der Waals surface area contributed by atoms with Crippen molar-refractivity contribution >= 4 is 22.2 Å². The molecule has 2 heterocycles. The number of oxazole rings is 2. The average molecular weight is 377 g/mol. The summed E-state index contributed by atoms with van der Waals surface area (Å²) in [5, 5.41) is 0. The van der Waals surface area contributed by atoms with Crippen LogP contribution in [0.5, 0.6) is 0 Å². The molecule has 0 amide bonds. The molecular weight excluding hydrogens is 348 g/mol. The van der Waals surface area contributed by atoms with Gasteiger partial charge in [0.25, 0.3) is 0 Å². The smallest absolute Gasteiger partial charge is 0.227 e. The molecule has 28 heavy (non-hydrogen) atoms. The molecule has 2 aromatic heterocycles. The van der Waals surface area contributed by atoms with Crippen LogP contribution in [0, 0.1) is 0 Å². The summed E-state index contributed by atoms with van der Waals surface area (Å²) in [7, 11) is 0. The van der Waals surface area contributed by atoms with Crippen molar-refractivity contribution in [1.82, 2.24) is 9.97 Å². The van der Waals surface area contributed by atoms with Crippen LogP contribution >= 0.6 is 0 Å². The Labute approximate surface area is 166 Å². The molecule has 0 aliphatic rings.